The molecule has 16 heteroatoms. The van der Waals surface area contributed by atoms with E-state index in [1.54, 1.807) is 0 Å². The van der Waals surface area contributed by atoms with E-state index in [4.69, 9.17) is 0 Å². The van der Waals surface area contributed by atoms with Crippen LogP contribution in [0.25, 0.3) is 11.3 Å². The molecule has 1 aliphatic heterocycles. The van der Waals surface area contributed by atoms with Crippen LogP contribution >= 0.6 is 0 Å². The van der Waals surface area contributed by atoms with Gasteiger partial charge in [0.2, 0.25) is 5.95 Å². The summed E-state index contributed by atoms with van der Waals surface area (Å²) >= 11 is 0. The molecule has 0 aliphatic carbocycles. The molecule has 1 amide bonds. The molecule has 1 saturated heterocycles. The molecule has 1 fully saturated rings. The van der Waals surface area contributed by atoms with E-state index < -0.39 is 60.4 Å². The molecule has 3 aromatic heterocycles. The number of aryl methyl sites for hydroxylation is 1. The maximum Gasteiger partial charge on any atom is 0.433 e. The van der Waals surface area contributed by atoms with Gasteiger partial charge in [-0.1, -0.05) is 13.0 Å². The van der Waals surface area contributed by atoms with Crippen LogP contribution in [0.1, 0.15) is 35.1 Å². The Labute approximate surface area is 216 Å². The number of piperidine rings is 1. The first-order valence-corrected chi connectivity index (χ1v) is 11.5. The molecule has 210 valence electrons. The molecule has 0 spiro atoms. The normalized spacial score (nSPS) is 19.7. The van der Waals surface area contributed by atoms with Crippen LogP contribution in [0.4, 0.5) is 41.1 Å². The number of hydrogen-bond donors (Lipinski definition) is 1. The standard InChI is InChI=1S/C23H21F8N7O/c1-12-6-21(24,25)11-38(16(12)9-34-20-32-7-13(8-33-20)22(26,27)28)19(39)18-14(10-37(2)36-18)15-4-3-5-17(35-15)23(29,30)31/h3-5,7-8,10,12,16H,6,9,11H2,1-2H3,(H,32,33,34)/t12-,16?/m1/s1. The number of alkyl halides is 8. The third-order valence-electron chi connectivity index (χ3n) is 6.14. The summed E-state index contributed by atoms with van der Waals surface area (Å²) in [7, 11) is 1.41. The largest absolute Gasteiger partial charge is 0.433 e. The Hall–Kier alpha value is -3.85. The van der Waals surface area contributed by atoms with E-state index in [1.165, 1.54) is 26.2 Å². The molecular weight excluding hydrogens is 542 g/mol. The number of pyridine rings is 1. The SMILES string of the molecule is C[C@@H]1CC(F)(F)CN(C(=O)c2nn(C)cc2-c2cccc(C(F)(F)F)n2)C1CNc1ncc(C(F)(F)F)cn1. The highest BCUT2D eigenvalue weighted by Gasteiger charge is 2.47. The van der Waals surface area contributed by atoms with Gasteiger partial charge in [-0.2, -0.15) is 31.4 Å². The van der Waals surface area contributed by atoms with Crippen molar-refractivity contribution >= 4 is 11.9 Å². The predicted octanol–water partition coefficient (Wildman–Crippen LogP) is 4.91. The molecule has 0 saturated carbocycles. The number of likely N-dealkylation sites (tertiary alicyclic amines) is 1. The number of halogens is 8. The first-order chi connectivity index (χ1) is 18.0. The monoisotopic (exact) mass is 563 g/mol. The Balaban J connectivity index is 1.63. The molecule has 1 unspecified atom stereocenters. The van der Waals surface area contributed by atoms with E-state index in [9.17, 15) is 39.9 Å². The average Bonchev–Trinajstić information content (AvgIpc) is 3.23. The van der Waals surface area contributed by atoms with Gasteiger partial charge >= 0.3 is 12.4 Å². The number of hydrogen-bond acceptors (Lipinski definition) is 6. The van der Waals surface area contributed by atoms with Crippen molar-refractivity contribution in [3.8, 4) is 11.3 Å². The number of nitrogens with zero attached hydrogens (tertiary/aromatic N) is 6. The Morgan fingerprint density at radius 2 is 1.77 bits per heavy atom. The first-order valence-electron chi connectivity index (χ1n) is 11.5. The Morgan fingerprint density at radius 1 is 1.10 bits per heavy atom. The lowest BCUT2D eigenvalue weighted by Crippen LogP contribution is -2.57. The number of carbonyl (C=O) groups excluding carboxylic acids is 1. The molecule has 8 nitrogen and oxygen atoms in total. The van der Waals surface area contributed by atoms with Crippen LogP contribution in [0.5, 0.6) is 0 Å². The van der Waals surface area contributed by atoms with Gasteiger partial charge in [-0.3, -0.25) is 9.48 Å². The topological polar surface area (TPSA) is 88.8 Å². The Bertz CT molecular complexity index is 1340. The van der Waals surface area contributed by atoms with Crippen LogP contribution in [0.15, 0.2) is 36.8 Å². The number of anilines is 1. The second kappa shape index (κ2) is 10.0. The second-order valence-electron chi connectivity index (χ2n) is 9.18. The van der Waals surface area contributed by atoms with Crippen LogP contribution in [-0.4, -0.2) is 60.6 Å². The Kier molecular flexibility index (Phi) is 7.25. The van der Waals surface area contributed by atoms with Crippen LogP contribution < -0.4 is 5.32 Å². The number of aromatic nitrogens is 5. The fraction of sp³-hybridized carbons (Fsp3) is 0.435. The maximum atomic E-state index is 14.6. The van der Waals surface area contributed by atoms with E-state index in [2.05, 4.69) is 25.4 Å². The molecule has 1 N–H and O–H groups in total. The minimum Gasteiger partial charge on any atom is -0.352 e. The molecule has 4 rings (SSSR count). The summed E-state index contributed by atoms with van der Waals surface area (Å²) in [4.78, 5) is 25.2. The number of amides is 1. The zero-order valence-electron chi connectivity index (χ0n) is 20.4. The average molecular weight is 563 g/mol. The Morgan fingerprint density at radius 3 is 2.38 bits per heavy atom. The lowest BCUT2D eigenvalue weighted by Gasteiger charge is -2.43. The summed E-state index contributed by atoms with van der Waals surface area (Å²) in [6, 6.07) is 2.17. The smallest absolute Gasteiger partial charge is 0.352 e. The zero-order chi connectivity index (χ0) is 28.8. The van der Waals surface area contributed by atoms with Crippen molar-refractivity contribution in [1.82, 2.24) is 29.6 Å². The van der Waals surface area contributed by atoms with E-state index in [-0.39, 0.29) is 29.4 Å². The van der Waals surface area contributed by atoms with Crippen molar-refractivity contribution in [1.29, 1.82) is 0 Å². The van der Waals surface area contributed by atoms with E-state index in [0.29, 0.717) is 12.4 Å². The van der Waals surface area contributed by atoms with Gasteiger partial charge in [-0.15, -0.1) is 0 Å². The van der Waals surface area contributed by atoms with E-state index in [1.807, 2.05) is 0 Å². The van der Waals surface area contributed by atoms with Gasteiger partial charge < -0.3 is 10.2 Å². The molecule has 1 aliphatic rings. The van der Waals surface area contributed by atoms with Crippen molar-refractivity contribution < 1.29 is 39.9 Å². The maximum absolute atomic E-state index is 14.6. The van der Waals surface area contributed by atoms with Crippen LogP contribution in [0, 0.1) is 5.92 Å². The third kappa shape index (κ3) is 6.25. The van der Waals surface area contributed by atoms with Gasteiger partial charge in [0.15, 0.2) is 5.69 Å². The highest BCUT2D eigenvalue weighted by molar-refractivity contribution is 5.98. The van der Waals surface area contributed by atoms with Crippen molar-refractivity contribution in [3.63, 3.8) is 0 Å². The van der Waals surface area contributed by atoms with Gasteiger partial charge in [0.25, 0.3) is 11.8 Å². The number of rotatable bonds is 5. The summed E-state index contributed by atoms with van der Waals surface area (Å²) < 4.78 is 108. The summed E-state index contributed by atoms with van der Waals surface area (Å²) in [6.45, 7) is 0.266. The highest BCUT2D eigenvalue weighted by atomic mass is 19.4. The van der Waals surface area contributed by atoms with Gasteiger partial charge in [0, 0.05) is 38.6 Å². The molecule has 4 heterocycles. The highest BCUT2D eigenvalue weighted by Crippen LogP contribution is 2.37. The molecule has 3 aromatic rings. The molecule has 39 heavy (non-hydrogen) atoms. The van der Waals surface area contributed by atoms with Crippen molar-refractivity contribution in [2.45, 2.75) is 37.7 Å². The number of carbonyl (C=O) groups is 1. The summed E-state index contributed by atoms with van der Waals surface area (Å²) in [5, 5.41) is 6.69. The zero-order valence-corrected chi connectivity index (χ0v) is 20.4. The lowest BCUT2D eigenvalue weighted by molar-refractivity contribution is -0.141. The van der Waals surface area contributed by atoms with Crippen LogP contribution in [-0.2, 0) is 19.4 Å². The third-order valence-corrected chi connectivity index (χ3v) is 6.14. The van der Waals surface area contributed by atoms with E-state index >= 15 is 0 Å². The first kappa shape index (κ1) is 28.2. The van der Waals surface area contributed by atoms with Crippen molar-refractivity contribution in [2.75, 3.05) is 18.4 Å². The molecule has 2 atom stereocenters. The van der Waals surface area contributed by atoms with E-state index in [0.717, 1.165) is 21.7 Å². The van der Waals surface area contributed by atoms with Crippen LogP contribution in [0.2, 0.25) is 0 Å². The summed E-state index contributed by atoms with van der Waals surface area (Å²) in [5.74, 6) is -5.26. The molecule has 0 radical (unpaired) electrons. The molecule has 0 bridgehead atoms. The number of nitrogens with one attached hydrogen (secondary N) is 1. The lowest BCUT2D eigenvalue weighted by atomic mass is 9.88. The van der Waals surface area contributed by atoms with Crippen molar-refractivity contribution in [3.05, 3.63) is 53.7 Å². The summed E-state index contributed by atoms with van der Waals surface area (Å²) in [6.07, 6.45) is -7.63. The fourth-order valence-corrected chi connectivity index (χ4v) is 4.35. The predicted molar refractivity (Wildman–Crippen MR) is 121 cm³/mol. The molecule has 0 aromatic carbocycles. The van der Waals surface area contributed by atoms with Gasteiger partial charge in [0.1, 0.15) is 5.69 Å². The minimum absolute atomic E-state index is 0.0899. The van der Waals surface area contributed by atoms with Crippen molar-refractivity contribution in [2.24, 2.45) is 13.0 Å². The summed E-state index contributed by atoms with van der Waals surface area (Å²) in [5.41, 5.74) is -3.00. The fourth-order valence-electron chi connectivity index (χ4n) is 4.35. The van der Waals surface area contributed by atoms with Gasteiger partial charge in [-0.05, 0) is 18.1 Å². The van der Waals surface area contributed by atoms with Crippen LogP contribution in [0.3, 0.4) is 0 Å². The quantitative estimate of drug-likeness (QED) is 0.444. The second-order valence-corrected chi connectivity index (χ2v) is 9.18. The van der Waals surface area contributed by atoms with Gasteiger partial charge in [0.05, 0.1) is 29.4 Å². The molecular formula is C23H21F8N7O. The minimum atomic E-state index is -4.76. The van der Waals surface area contributed by atoms with Gasteiger partial charge in [-0.25, -0.2) is 23.7 Å².